The molecule has 1 unspecified atom stereocenters. The van der Waals surface area contributed by atoms with E-state index in [0.29, 0.717) is 11.9 Å². The van der Waals surface area contributed by atoms with Crippen molar-refractivity contribution >= 4 is 11.9 Å². The van der Waals surface area contributed by atoms with Crippen LogP contribution in [0.2, 0.25) is 0 Å². The number of amides is 1. The number of hydrogen-bond acceptors (Lipinski definition) is 4. The molecule has 1 aliphatic heterocycles. The topological polar surface area (TPSA) is 69.2 Å². The van der Waals surface area contributed by atoms with Gasteiger partial charge >= 0.3 is 0 Å². The maximum atomic E-state index is 12.6. The van der Waals surface area contributed by atoms with Crippen LogP contribution in [0.5, 0.6) is 0 Å². The number of aliphatic imine (C=N–C) groups is 1. The summed E-state index contributed by atoms with van der Waals surface area (Å²) < 4.78 is 5.24. The average Bonchev–Trinajstić information content (AvgIpc) is 3.19. The largest absolute Gasteiger partial charge is 0.383 e. The molecule has 0 radical (unpaired) electrons. The van der Waals surface area contributed by atoms with Crippen molar-refractivity contribution in [2.45, 2.75) is 64.0 Å². The lowest BCUT2D eigenvalue weighted by Gasteiger charge is -2.22. The number of likely N-dealkylation sites (tertiary alicyclic amines) is 1. The van der Waals surface area contributed by atoms with Gasteiger partial charge in [0.1, 0.15) is 0 Å². The van der Waals surface area contributed by atoms with Crippen molar-refractivity contribution in [3.63, 3.8) is 0 Å². The van der Waals surface area contributed by atoms with E-state index in [1.807, 2.05) is 0 Å². The van der Waals surface area contributed by atoms with Gasteiger partial charge in [0.05, 0.1) is 13.2 Å². The fraction of sp³-hybridized carbons (Fsp3) is 0.905. The van der Waals surface area contributed by atoms with Gasteiger partial charge in [-0.25, -0.2) is 0 Å². The third-order valence-electron chi connectivity index (χ3n) is 6.19. The zero-order valence-electron chi connectivity index (χ0n) is 17.8. The normalized spacial score (nSPS) is 23.6. The van der Waals surface area contributed by atoms with E-state index in [0.717, 1.165) is 77.1 Å². The lowest BCUT2D eigenvalue weighted by Crippen LogP contribution is -2.45. The van der Waals surface area contributed by atoms with E-state index < -0.39 is 0 Å². The monoisotopic (exact) mass is 393 g/mol. The van der Waals surface area contributed by atoms with E-state index in [2.05, 4.69) is 27.4 Å². The highest BCUT2D eigenvalue weighted by molar-refractivity contribution is 5.81. The summed E-state index contributed by atoms with van der Waals surface area (Å²) >= 11 is 0. The number of nitrogens with zero attached hydrogens (tertiary/aromatic N) is 3. The summed E-state index contributed by atoms with van der Waals surface area (Å²) in [5, 5.41) is 6.92. The molecule has 28 heavy (non-hydrogen) atoms. The highest BCUT2D eigenvalue weighted by Gasteiger charge is 2.32. The van der Waals surface area contributed by atoms with Gasteiger partial charge in [0.15, 0.2) is 5.96 Å². The molecule has 2 aliphatic carbocycles. The quantitative estimate of drug-likeness (QED) is 0.434. The molecule has 1 heterocycles. The van der Waals surface area contributed by atoms with Crippen LogP contribution in [0.25, 0.3) is 0 Å². The molecule has 0 spiro atoms. The number of nitrogens with one attached hydrogen (secondary N) is 2. The van der Waals surface area contributed by atoms with Crippen molar-refractivity contribution in [1.82, 2.24) is 20.4 Å². The smallest absolute Gasteiger partial charge is 0.225 e. The Hall–Kier alpha value is -1.34. The van der Waals surface area contributed by atoms with Crippen molar-refractivity contribution in [2.24, 2.45) is 10.9 Å². The molecule has 0 bridgehead atoms. The molecule has 0 aromatic carbocycles. The van der Waals surface area contributed by atoms with Crippen LogP contribution >= 0.6 is 0 Å². The van der Waals surface area contributed by atoms with Gasteiger partial charge in [0.2, 0.25) is 5.91 Å². The molecule has 1 atom stereocenters. The number of ether oxygens (including phenoxy) is 1. The van der Waals surface area contributed by atoms with Gasteiger partial charge in [0.25, 0.3) is 0 Å². The predicted octanol–water partition coefficient (Wildman–Crippen LogP) is 1.44. The third kappa shape index (κ3) is 6.34. The maximum absolute atomic E-state index is 12.6. The molecule has 2 saturated carbocycles. The van der Waals surface area contributed by atoms with E-state index in [4.69, 9.17) is 9.73 Å². The number of carbonyl (C=O) groups excluding carboxylic acids is 1. The fourth-order valence-electron chi connectivity index (χ4n) is 4.44. The van der Waals surface area contributed by atoms with Crippen LogP contribution in [0.1, 0.15) is 51.9 Å². The number of hydrogen-bond donors (Lipinski definition) is 2. The summed E-state index contributed by atoms with van der Waals surface area (Å²) in [6.45, 7) is 8.15. The molecule has 2 N–H and O–H groups in total. The summed E-state index contributed by atoms with van der Waals surface area (Å²) in [6, 6.07) is 1.03. The number of methoxy groups -OCH3 is 1. The zero-order chi connectivity index (χ0) is 19.8. The molecule has 1 amide bonds. The van der Waals surface area contributed by atoms with E-state index in [1.165, 1.54) is 25.7 Å². The van der Waals surface area contributed by atoms with Crippen LogP contribution in [-0.2, 0) is 9.53 Å². The van der Waals surface area contributed by atoms with Crippen LogP contribution in [0.15, 0.2) is 4.99 Å². The van der Waals surface area contributed by atoms with Crippen molar-refractivity contribution < 1.29 is 9.53 Å². The minimum absolute atomic E-state index is 0.279. The lowest BCUT2D eigenvalue weighted by molar-refractivity contribution is -0.134. The van der Waals surface area contributed by atoms with Gasteiger partial charge in [-0.15, -0.1) is 0 Å². The Labute approximate surface area is 170 Å². The van der Waals surface area contributed by atoms with Crippen LogP contribution in [0, 0.1) is 5.92 Å². The molecule has 3 fully saturated rings. The summed E-state index contributed by atoms with van der Waals surface area (Å²) in [7, 11) is 1.76. The Morgan fingerprint density at radius 1 is 1.18 bits per heavy atom. The minimum atomic E-state index is 0.279. The highest BCUT2D eigenvalue weighted by atomic mass is 16.5. The third-order valence-corrected chi connectivity index (χ3v) is 6.19. The molecule has 3 rings (SSSR count). The highest BCUT2D eigenvalue weighted by Crippen LogP contribution is 2.28. The summed E-state index contributed by atoms with van der Waals surface area (Å²) in [5.41, 5.74) is 0. The van der Waals surface area contributed by atoms with E-state index in [1.54, 1.807) is 7.11 Å². The Kier molecular flexibility index (Phi) is 8.40. The second kappa shape index (κ2) is 11.0. The second-order valence-corrected chi connectivity index (χ2v) is 8.42. The predicted molar refractivity (Wildman–Crippen MR) is 113 cm³/mol. The molecule has 3 aliphatic rings. The zero-order valence-corrected chi connectivity index (χ0v) is 17.8. The standard InChI is InChI=1S/C21H39N5O2/c1-3-22-21(23-11-13-25(14-15-28-2)19-8-9-19)24-18-10-12-26(16-18)20(27)17-6-4-5-7-17/h17-19H,3-16H2,1-2H3,(H2,22,23,24). The van der Waals surface area contributed by atoms with Crippen LogP contribution in [0.3, 0.4) is 0 Å². The van der Waals surface area contributed by atoms with Gasteiger partial charge in [-0.2, -0.15) is 0 Å². The van der Waals surface area contributed by atoms with E-state index in [-0.39, 0.29) is 5.92 Å². The SMILES string of the molecule is CCNC(=NCCN(CCOC)C1CC1)NC1CCN(C(=O)C2CCCC2)C1. The lowest BCUT2D eigenvalue weighted by atomic mass is 10.1. The van der Waals surface area contributed by atoms with Crippen LogP contribution < -0.4 is 10.6 Å². The Balaban J connectivity index is 1.44. The number of guanidine groups is 1. The van der Waals surface area contributed by atoms with Gasteiger partial charge < -0.3 is 20.3 Å². The first-order valence-electron chi connectivity index (χ1n) is 11.3. The second-order valence-electron chi connectivity index (χ2n) is 8.42. The molecular formula is C21H39N5O2. The number of carbonyl (C=O) groups is 1. The Morgan fingerprint density at radius 3 is 2.64 bits per heavy atom. The van der Waals surface area contributed by atoms with Gasteiger partial charge in [-0.3, -0.25) is 14.7 Å². The van der Waals surface area contributed by atoms with Crippen molar-refractivity contribution in [3.8, 4) is 0 Å². The van der Waals surface area contributed by atoms with Gasteiger partial charge in [-0.05, 0) is 39.0 Å². The minimum Gasteiger partial charge on any atom is -0.383 e. The molecular weight excluding hydrogens is 354 g/mol. The van der Waals surface area contributed by atoms with Crippen LogP contribution in [-0.4, -0.2) is 86.7 Å². The average molecular weight is 394 g/mol. The first-order chi connectivity index (χ1) is 13.7. The molecule has 0 aromatic heterocycles. The maximum Gasteiger partial charge on any atom is 0.225 e. The Morgan fingerprint density at radius 2 is 1.96 bits per heavy atom. The fourth-order valence-corrected chi connectivity index (χ4v) is 4.44. The number of rotatable bonds is 10. The Bertz CT molecular complexity index is 517. The van der Waals surface area contributed by atoms with E-state index >= 15 is 0 Å². The summed E-state index contributed by atoms with van der Waals surface area (Å²) in [4.78, 5) is 22.0. The van der Waals surface area contributed by atoms with Gasteiger partial charge in [0, 0.05) is 57.8 Å². The first kappa shape index (κ1) is 21.4. The summed E-state index contributed by atoms with van der Waals surface area (Å²) in [5.74, 6) is 1.54. The van der Waals surface area contributed by atoms with Gasteiger partial charge in [-0.1, -0.05) is 12.8 Å². The molecule has 0 aromatic rings. The first-order valence-corrected chi connectivity index (χ1v) is 11.3. The molecule has 1 saturated heterocycles. The van der Waals surface area contributed by atoms with Crippen molar-refractivity contribution in [1.29, 1.82) is 0 Å². The molecule has 7 heteroatoms. The molecule has 160 valence electrons. The van der Waals surface area contributed by atoms with Crippen molar-refractivity contribution in [3.05, 3.63) is 0 Å². The molecule has 7 nitrogen and oxygen atoms in total. The van der Waals surface area contributed by atoms with Crippen molar-refractivity contribution in [2.75, 3.05) is 53.0 Å². The van der Waals surface area contributed by atoms with E-state index in [9.17, 15) is 4.79 Å². The summed E-state index contributed by atoms with van der Waals surface area (Å²) in [6.07, 6.45) is 8.20. The van der Waals surface area contributed by atoms with Crippen LogP contribution in [0.4, 0.5) is 0 Å².